The first-order chi connectivity index (χ1) is 8.63. The zero-order valence-electron chi connectivity index (χ0n) is 12.4. The van der Waals surface area contributed by atoms with E-state index in [-0.39, 0.29) is 0 Å². The molecule has 0 amide bonds. The second-order valence-electron chi connectivity index (χ2n) is 5.69. The molecule has 1 aliphatic rings. The molecule has 0 aromatic carbocycles. The van der Waals surface area contributed by atoms with Crippen molar-refractivity contribution in [2.45, 2.75) is 39.3 Å². The fourth-order valence-corrected chi connectivity index (χ4v) is 2.50. The van der Waals surface area contributed by atoms with Crippen LogP contribution < -0.4 is 5.32 Å². The number of morpholine rings is 1. The highest BCUT2D eigenvalue weighted by Crippen LogP contribution is 2.11. The molecule has 108 valence electrons. The molecule has 0 aromatic heterocycles. The highest BCUT2D eigenvalue weighted by atomic mass is 16.5. The molecule has 4 nitrogen and oxygen atoms in total. The van der Waals surface area contributed by atoms with Gasteiger partial charge in [0.15, 0.2) is 0 Å². The Morgan fingerprint density at radius 1 is 1.39 bits per heavy atom. The van der Waals surface area contributed by atoms with Crippen LogP contribution in [0.3, 0.4) is 0 Å². The minimum atomic E-state index is 0.506. The van der Waals surface area contributed by atoms with Crippen LogP contribution in [-0.2, 0) is 9.47 Å². The van der Waals surface area contributed by atoms with Crippen LogP contribution in [0.2, 0.25) is 0 Å². The molecule has 2 atom stereocenters. The predicted molar refractivity (Wildman–Crippen MR) is 75.0 cm³/mol. The molecule has 1 fully saturated rings. The summed E-state index contributed by atoms with van der Waals surface area (Å²) in [5.41, 5.74) is 0. The van der Waals surface area contributed by atoms with Crippen molar-refractivity contribution in [3.8, 4) is 0 Å². The van der Waals surface area contributed by atoms with E-state index in [1.165, 1.54) is 0 Å². The van der Waals surface area contributed by atoms with Crippen molar-refractivity contribution in [1.82, 2.24) is 10.2 Å². The summed E-state index contributed by atoms with van der Waals surface area (Å²) in [5, 5.41) is 3.53. The summed E-state index contributed by atoms with van der Waals surface area (Å²) in [6.07, 6.45) is 1.15. The van der Waals surface area contributed by atoms with E-state index in [1.807, 2.05) is 0 Å². The fraction of sp³-hybridized carbons (Fsp3) is 1.00. The summed E-state index contributed by atoms with van der Waals surface area (Å²) < 4.78 is 10.7. The van der Waals surface area contributed by atoms with Gasteiger partial charge in [-0.05, 0) is 19.3 Å². The van der Waals surface area contributed by atoms with Crippen LogP contribution in [-0.4, -0.2) is 63.5 Å². The lowest BCUT2D eigenvalue weighted by molar-refractivity contribution is 0.0550. The van der Waals surface area contributed by atoms with Crippen molar-refractivity contribution in [2.75, 3.05) is 46.6 Å². The fourth-order valence-electron chi connectivity index (χ4n) is 2.50. The molecule has 18 heavy (non-hydrogen) atoms. The Kier molecular flexibility index (Phi) is 7.82. The maximum absolute atomic E-state index is 5.52. The van der Waals surface area contributed by atoms with Gasteiger partial charge in [-0.2, -0.15) is 0 Å². The molecule has 0 radical (unpaired) electrons. The average molecular weight is 258 g/mol. The van der Waals surface area contributed by atoms with Crippen LogP contribution in [0.15, 0.2) is 0 Å². The Bertz CT molecular complexity index is 206. The number of hydrogen-bond donors (Lipinski definition) is 1. The van der Waals surface area contributed by atoms with E-state index in [2.05, 4.69) is 31.0 Å². The Balaban J connectivity index is 2.38. The van der Waals surface area contributed by atoms with Crippen LogP contribution in [0.25, 0.3) is 0 Å². The summed E-state index contributed by atoms with van der Waals surface area (Å²) in [5.74, 6) is 0.694. The quantitative estimate of drug-likeness (QED) is 0.713. The van der Waals surface area contributed by atoms with Crippen LogP contribution in [0.1, 0.15) is 27.2 Å². The van der Waals surface area contributed by atoms with Gasteiger partial charge in [-0.3, -0.25) is 4.90 Å². The molecule has 0 bridgehead atoms. The van der Waals surface area contributed by atoms with Crippen molar-refractivity contribution in [1.29, 1.82) is 0 Å². The van der Waals surface area contributed by atoms with Crippen molar-refractivity contribution in [3.63, 3.8) is 0 Å². The van der Waals surface area contributed by atoms with Crippen LogP contribution in [0, 0.1) is 5.92 Å². The standard InChI is InChI=1S/C14H30N2O2/c1-12(2)10-16(6-8-17-4)13(3)9-14-11-18-7-5-15-14/h12-15H,5-11H2,1-4H3. The lowest BCUT2D eigenvalue weighted by Crippen LogP contribution is -2.47. The first-order valence-electron chi connectivity index (χ1n) is 7.17. The van der Waals surface area contributed by atoms with Gasteiger partial charge in [0, 0.05) is 38.8 Å². The lowest BCUT2D eigenvalue weighted by atomic mass is 10.1. The molecule has 1 N–H and O–H groups in total. The molecule has 2 unspecified atom stereocenters. The van der Waals surface area contributed by atoms with Crippen molar-refractivity contribution >= 4 is 0 Å². The number of ether oxygens (including phenoxy) is 2. The molecule has 4 heteroatoms. The van der Waals surface area contributed by atoms with Crippen LogP contribution >= 0.6 is 0 Å². The number of nitrogens with one attached hydrogen (secondary N) is 1. The Hall–Kier alpha value is -0.160. The Morgan fingerprint density at radius 2 is 2.17 bits per heavy atom. The normalized spacial score (nSPS) is 22.7. The smallest absolute Gasteiger partial charge is 0.0620 e. The third-order valence-corrected chi connectivity index (χ3v) is 3.43. The van der Waals surface area contributed by atoms with Crippen LogP contribution in [0.4, 0.5) is 0 Å². The lowest BCUT2D eigenvalue weighted by Gasteiger charge is -2.34. The van der Waals surface area contributed by atoms with Gasteiger partial charge < -0.3 is 14.8 Å². The zero-order chi connectivity index (χ0) is 13.4. The number of methoxy groups -OCH3 is 1. The molecule has 0 aliphatic carbocycles. The van der Waals surface area contributed by atoms with Gasteiger partial charge in [0.2, 0.25) is 0 Å². The minimum absolute atomic E-state index is 0.506. The third kappa shape index (κ3) is 6.14. The third-order valence-electron chi connectivity index (χ3n) is 3.43. The molecule has 1 heterocycles. The molecular formula is C14H30N2O2. The largest absolute Gasteiger partial charge is 0.383 e. The van der Waals surface area contributed by atoms with E-state index in [0.29, 0.717) is 18.0 Å². The van der Waals surface area contributed by atoms with E-state index in [4.69, 9.17) is 9.47 Å². The first kappa shape index (κ1) is 15.9. The Labute approximate surface area is 112 Å². The van der Waals surface area contributed by atoms with Gasteiger partial charge >= 0.3 is 0 Å². The maximum Gasteiger partial charge on any atom is 0.0620 e. The summed E-state index contributed by atoms with van der Waals surface area (Å²) in [6, 6.07) is 1.08. The van der Waals surface area contributed by atoms with Crippen molar-refractivity contribution < 1.29 is 9.47 Å². The molecule has 0 spiro atoms. The van der Waals surface area contributed by atoms with Gasteiger partial charge in [-0.25, -0.2) is 0 Å². The first-order valence-corrected chi connectivity index (χ1v) is 7.17. The topological polar surface area (TPSA) is 33.7 Å². The van der Waals surface area contributed by atoms with Gasteiger partial charge in [0.05, 0.1) is 19.8 Å². The predicted octanol–water partition coefficient (Wildman–Crippen LogP) is 1.36. The van der Waals surface area contributed by atoms with Crippen molar-refractivity contribution in [2.24, 2.45) is 5.92 Å². The minimum Gasteiger partial charge on any atom is -0.383 e. The number of nitrogens with zero attached hydrogens (tertiary/aromatic N) is 1. The van der Waals surface area contributed by atoms with Gasteiger partial charge in [0.1, 0.15) is 0 Å². The van der Waals surface area contributed by atoms with E-state index in [0.717, 1.165) is 45.9 Å². The monoisotopic (exact) mass is 258 g/mol. The highest BCUT2D eigenvalue weighted by molar-refractivity contribution is 4.78. The highest BCUT2D eigenvalue weighted by Gasteiger charge is 2.21. The second kappa shape index (κ2) is 8.86. The van der Waals surface area contributed by atoms with E-state index in [1.54, 1.807) is 7.11 Å². The van der Waals surface area contributed by atoms with Crippen molar-refractivity contribution in [3.05, 3.63) is 0 Å². The van der Waals surface area contributed by atoms with Gasteiger partial charge in [-0.15, -0.1) is 0 Å². The summed E-state index contributed by atoms with van der Waals surface area (Å²) in [4.78, 5) is 2.53. The van der Waals surface area contributed by atoms with Crippen LogP contribution in [0.5, 0.6) is 0 Å². The Morgan fingerprint density at radius 3 is 2.72 bits per heavy atom. The molecule has 1 aliphatic heterocycles. The molecule has 0 aromatic rings. The molecule has 1 saturated heterocycles. The van der Waals surface area contributed by atoms with Gasteiger partial charge in [0.25, 0.3) is 0 Å². The zero-order valence-corrected chi connectivity index (χ0v) is 12.4. The average Bonchev–Trinajstić information content (AvgIpc) is 2.35. The molecular weight excluding hydrogens is 228 g/mol. The van der Waals surface area contributed by atoms with E-state index >= 15 is 0 Å². The second-order valence-corrected chi connectivity index (χ2v) is 5.69. The van der Waals surface area contributed by atoms with E-state index < -0.39 is 0 Å². The summed E-state index contributed by atoms with van der Waals surface area (Å²) in [6.45, 7) is 12.5. The SMILES string of the molecule is COCCN(CC(C)C)C(C)CC1COCCN1. The number of hydrogen-bond acceptors (Lipinski definition) is 4. The molecule has 0 saturated carbocycles. The summed E-state index contributed by atoms with van der Waals surface area (Å²) in [7, 11) is 1.77. The van der Waals surface area contributed by atoms with E-state index in [9.17, 15) is 0 Å². The maximum atomic E-state index is 5.52. The number of rotatable bonds is 8. The summed E-state index contributed by atoms with van der Waals surface area (Å²) >= 11 is 0. The van der Waals surface area contributed by atoms with Gasteiger partial charge in [-0.1, -0.05) is 13.8 Å². The molecule has 1 rings (SSSR count).